The van der Waals surface area contributed by atoms with Crippen molar-refractivity contribution in [3.8, 4) is 0 Å². The lowest BCUT2D eigenvalue weighted by Gasteiger charge is -2.20. The topological polar surface area (TPSA) is 45.2 Å². The first kappa shape index (κ1) is 13.4. The van der Waals surface area contributed by atoms with Crippen molar-refractivity contribution in [2.75, 3.05) is 26.0 Å². The number of pyridine rings is 1. The molecule has 0 atom stereocenters. The van der Waals surface area contributed by atoms with Crippen LogP contribution >= 0.6 is 0 Å². The highest BCUT2D eigenvalue weighted by Crippen LogP contribution is 2.15. The summed E-state index contributed by atoms with van der Waals surface area (Å²) in [6, 6.07) is 1.21. The molecule has 5 heteroatoms. The molecule has 0 bridgehead atoms. The Morgan fingerprint density at radius 3 is 2.76 bits per heavy atom. The van der Waals surface area contributed by atoms with E-state index in [-0.39, 0.29) is 11.5 Å². The Labute approximate surface area is 101 Å². The Balaban J connectivity index is 2.98. The molecule has 0 saturated carbocycles. The first-order chi connectivity index (χ1) is 7.95. The summed E-state index contributed by atoms with van der Waals surface area (Å²) in [6.07, 6.45) is 1.09. The van der Waals surface area contributed by atoms with Crippen LogP contribution in [0.3, 0.4) is 0 Å². The highest BCUT2D eigenvalue weighted by atomic mass is 19.1. The van der Waals surface area contributed by atoms with Crippen molar-refractivity contribution < 1.29 is 9.18 Å². The Morgan fingerprint density at radius 1 is 1.59 bits per heavy atom. The van der Waals surface area contributed by atoms with Crippen molar-refractivity contribution in [3.05, 3.63) is 23.6 Å². The molecular weight excluding hydrogens is 221 g/mol. The minimum Gasteiger partial charge on any atom is -0.372 e. The highest BCUT2D eigenvalue weighted by molar-refractivity contribution is 5.98. The van der Waals surface area contributed by atoms with E-state index in [0.717, 1.165) is 6.20 Å². The van der Waals surface area contributed by atoms with Crippen molar-refractivity contribution in [2.45, 2.75) is 13.8 Å². The number of anilines is 1. The highest BCUT2D eigenvalue weighted by Gasteiger charge is 2.17. The number of aromatic nitrogens is 1. The van der Waals surface area contributed by atoms with Gasteiger partial charge in [0.2, 0.25) is 0 Å². The lowest BCUT2D eigenvalue weighted by Crippen LogP contribution is -2.31. The number of carbonyl (C=O) groups is 1. The van der Waals surface area contributed by atoms with Gasteiger partial charge in [-0.05, 0) is 12.0 Å². The van der Waals surface area contributed by atoms with Crippen molar-refractivity contribution in [1.29, 1.82) is 0 Å². The maximum absolute atomic E-state index is 13.1. The third-order valence-corrected chi connectivity index (χ3v) is 2.31. The predicted molar refractivity (Wildman–Crippen MR) is 65.5 cm³/mol. The van der Waals surface area contributed by atoms with Gasteiger partial charge in [-0.15, -0.1) is 0 Å². The fraction of sp³-hybridized carbons (Fsp3) is 0.500. The first-order valence-electron chi connectivity index (χ1n) is 5.54. The van der Waals surface area contributed by atoms with Crippen LogP contribution in [0.4, 0.5) is 10.2 Å². The van der Waals surface area contributed by atoms with Crippen LogP contribution in [0.5, 0.6) is 0 Å². The fourth-order valence-corrected chi connectivity index (χ4v) is 1.64. The van der Waals surface area contributed by atoms with Gasteiger partial charge in [-0.1, -0.05) is 13.8 Å². The zero-order chi connectivity index (χ0) is 13.0. The summed E-state index contributed by atoms with van der Waals surface area (Å²) in [5, 5.41) is 2.79. The van der Waals surface area contributed by atoms with Crippen LogP contribution in [-0.2, 0) is 0 Å². The molecule has 0 aliphatic rings. The van der Waals surface area contributed by atoms with Crippen LogP contribution < -0.4 is 5.32 Å². The molecule has 1 heterocycles. The number of nitrogens with zero attached hydrogens (tertiary/aromatic N) is 2. The second-order valence-electron chi connectivity index (χ2n) is 4.38. The van der Waals surface area contributed by atoms with E-state index >= 15 is 0 Å². The van der Waals surface area contributed by atoms with Gasteiger partial charge in [-0.25, -0.2) is 9.37 Å². The van der Waals surface area contributed by atoms with E-state index in [1.54, 1.807) is 19.0 Å². The maximum Gasteiger partial charge on any atom is 0.257 e. The number of halogens is 1. The molecule has 4 nitrogen and oxygen atoms in total. The number of amides is 1. The van der Waals surface area contributed by atoms with Gasteiger partial charge in [0, 0.05) is 20.6 Å². The average Bonchev–Trinajstić information content (AvgIpc) is 2.27. The smallest absolute Gasteiger partial charge is 0.257 e. The van der Waals surface area contributed by atoms with Crippen LogP contribution in [-0.4, -0.2) is 36.4 Å². The normalized spacial score (nSPS) is 10.5. The van der Waals surface area contributed by atoms with Gasteiger partial charge in [0.15, 0.2) is 0 Å². The van der Waals surface area contributed by atoms with E-state index < -0.39 is 5.82 Å². The molecule has 17 heavy (non-hydrogen) atoms. The molecular formula is C12H18FN3O. The molecule has 0 aliphatic heterocycles. The quantitative estimate of drug-likeness (QED) is 0.874. The molecule has 1 N–H and O–H groups in total. The third kappa shape index (κ3) is 3.41. The number of rotatable bonds is 4. The third-order valence-electron chi connectivity index (χ3n) is 2.31. The van der Waals surface area contributed by atoms with Crippen molar-refractivity contribution in [3.63, 3.8) is 0 Å². The molecule has 0 fully saturated rings. The van der Waals surface area contributed by atoms with Gasteiger partial charge < -0.3 is 10.2 Å². The zero-order valence-corrected chi connectivity index (χ0v) is 10.6. The standard InChI is InChI=1S/C12H18FN3O/c1-8(2)7-16(4)12(17)10-5-9(13)6-15-11(10)14-3/h5-6,8H,7H2,1-4H3,(H,14,15). The number of hydrogen-bond acceptors (Lipinski definition) is 3. The summed E-state index contributed by atoms with van der Waals surface area (Å²) < 4.78 is 13.1. The maximum atomic E-state index is 13.1. The van der Waals surface area contributed by atoms with Crippen LogP contribution in [0.1, 0.15) is 24.2 Å². The largest absolute Gasteiger partial charge is 0.372 e. The molecule has 1 rings (SSSR count). The molecule has 0 saturated heterocycles. The second kappa shape index (κ2) is 5.61. The fourth-order valence-electron chi connectivity index (χ4n) is 1.64. The molecule has 94 valence electrons. The summed E-state index contributed by atoms with van der Waals surface area (Å²) >= 11 is 0. The molecule has 0 unspecified atom stereocenters. The summed E-state index contributed by atoms with van der Waals surface area (Å²) in [6.45, 7) is 4.66. The van der Waals surface area contributed by atoms with Crippen molar-refractivity contribution in [2.24, 2.45) is 5.92 Å². The zero-order valence-electron chi connectivity index (χ0n) is 10.6. The van der Waals surface area contributed by atoms with E-state index in [9.17, 15) is 9.18 Å². The van der Waals surface area contributed by atoms with Crippen LogP contribution in [0.25, 0.3) is 0 Å². The molecule has 0 radical (unpaired) electrons. The second-order valence-corrected chi connectivity index (χ2v) is 4.38. The van der Waals surface area contributed by atoms with Crippen LogP contribution in [0, 0.1) is 11.7 Å². The minimum absolute atomic E-state index is 0.227. The van der Waals surface area contributed by atoms with Crippen molar-refractivity contribution >= 4 is 11.7 Å². The minimum atomic E-state index is -0.509. The van der Waals surface area contributed by atoms with Gasteiger partial charge in [0.05, 0.1) is 11.8 Å². The monoisotopic (exact) mass is 239 g/mol. The Hall–Kier alpha value is -1.65. The predicted octanol–water partition coefficient (Wildman–Crippen LogP) is 1.99. The van der Waals surface area contributed by atoms with Gasteiger partial charge >= 0.3 is 0 Å². The summed E-state index contributed by atoms with van der Waals surface area (Å²) in [4.78, 5) is 17.5. The SMILES string of the molecule is CNc1ncc(F)cc1C(=O)N(C)CC(C)C. The molecule has 1 aromatic heterocycles. The molecule has 1 amide bonds. The Kier molecular flexibility index (Phi) is 4.43. The lowest BCUT2D eigenvalue weighted by atomic mass is 10.1. The molecule has 0 aromatic carbocycles. The van der Waals surface area contributed by atoms with E-state index in [0.29, 0.717) is 18.3 Å². The molecule has 0 spiro atoms. The van der Waals surface area contributed by atoms with E-state index in [2.05, 4.69) is 10.3 Å². The first-order valence-corrected chi connectivity index (χ1v) is 5.54. The van der Waals surface area contributed by atoms with E-state index in [1.165, 1.54) is 6.07 Å². The summed E-state index contributed by atoms with van der Waals surface area (Å²) in [5.41, 5.74) is 0.260. The van der Waals surface area contributed by atoms with Gasteiger partial charge in [0.25, 0.3) is 5.91 Å². The molecule has 0 aliphatic carbocycles. The van der Waals surface area contributed by atoms with Gasteiger partial charge in [0.1, 0.15) is 11.6 Å². The summed E-state index contributed by atoms with van der Waals surface area (Å²) in [5.74, 6) is 0.0239. The average molecular weight is 239 g/mol. The Morgan fingerprint density at radius 2 is 2.24 bits per heavy atom. The van der Waals surface area contributed by atoms with Gasteiger partial charge in [-0.2, -0.15) is 0 Å². The number of hydrogen-bond donors (Lipinski definition) is 1. The van der Waals surface area contributed by atoms with Gasteiger partial charge in [-0.3, -0.25) is 4.79 Å². The van der Waals surface area contributed by atoms with E-state index in [1.807, 2.05) is 13.8 Å². The van der Waals surface area contributed by atoms with E-state index in [4.69, 9.17) is 0 Å². The lowest BCUT2D eigenvalue weighted by molar-refractivity contribution is 0.0779. The number of carbonyl (C=O) groups excluding carboxylic acids is 1. The van der Waals surface area contributed by atoms with Crippen LogP contribution in [0.2, 0.25) is 0 Å². The number of nitrogens with one attached hydrogen (secondary N) is 1. The Bertz CT molecular complexity index is 407. The summed E-state index contributed by atoms with van der Waals surface area (Å²) in [7, 11) is 3.35. The van der Waals surface area contributed by atoms with Crippen LogP contribution in [0.15, 0.2) is 12.3 Å². The molecule has 1 aromatic rings. The van der Waals surface area contributed by atoms with Crippen molar-refractivity contribution in [1.82, 2.24) is 9.88 Å².